The van der Waals surface area contributed by atoms with E-state index in [4.69, 9.17) is 9.15 Å². The highest BCUT2D eigenvalue weighted by Crippen LogP contribution is 2.13. The standard InChI is InChI=1S/C14H16FNO2/c1-11(14-6-3-8-18-14)16-7-9-17-13-5-2-4-12(15)10-13/h2-6,8,10-11,16H,7,9H2,1H3. The van der Waals surface area contributed by atoms with Gasteiger partial charge in [0, 0.05) is 12.6 Å². The van der Waals surface area contributed by atoms with E-state index in [1.165, 1.54) is 12.1 Å². The molecule has 0 aliphatic heterocycles. The summed E-state index contributed by atoms with van der Waals surface area (Å²) in [4.78, 5) is 0. The summed E-state index contributed by atoms with van der Waals surface area (Å²) in [5, 5.41) is 3.26. The van der Waals surface area contributed by atoms with E-state index in [-0.39, 0.29) is 11.9 Å². The molecule has 4 heteroatoms. The van der Waals surface area contributed by atoms with Gasteiger partial charge in [0.05, 0.1) is 12.3 Å². The van der Waals surface area contributed by atoms with Crippen LogP contribution in [0, 0.1) is 5.82 Å². The van der Waals surface area contributed by atoms with Gasteiger partial charge in [-0.3, -0.25) is 0 Å². The fourth-order valence-corrected chi connectivity index (χ4v) is 1.64. The Hall–Kier alpha value is -1.81. The highest BCUT2D eigenvalue weighted by molar-refractivity contribution is 5.22. The highest BCUT2D eigenvalue weighted by atomic mass is 19.1. The van der Waals surface area contributed by atoms with Gasteiger partial charge in [0.2, 0.25) is 0 Å². The third kappa shape index (κ3) is 3.60. The van der Waals surface area contributed by atoms with Gasteiger partial charge in [-0.15, -0.1) is 0 Å². The minimum Gasteiger partial charge on any atom is -0.492 e. The molecule has 0 saturated carbocycles. The number of hydrogen-bond acceptors (Lipinski definition) is 3. The molecule has 0 spiro atoms. The summed E-state index contributed by atoms with van der Waals surface area (Å²) < 4.78 is 23.6. The molecule has 0 bridgehead atoms. The van der Waals surface area contributed by atoms with Gasteiger partial charge in [0.25, 0.3) is 0 Å². The van der Waals surface area contributed by atoms with E-state index in [1.54, 1.807) is 18.4 Å². The van der Waals surface area contributed by atoms with Crippen molar-refractivity contribution < 1.29 is 13.5 Å². The lowest BCUT2D eigenvalue weighted by molar-refractivity contribution is 0.300. The van der Waals surface area contributed by atoms with Gasteiger partial charge in [-0.25, -0.2) is 4.39 Å². The number of furan rings is 1. The van der Waals surface area contributed by atoms with Crippen LogP contribution < -0.4 is 10.1 Å². The number of rotatable bonds is 6. The van der Waals surface area contributed by atoms with Crippen LogP contribution in [0.15, 0.2) is 47.1 Å². The normalized spacial score (nSPS) is 12.3. The van der Waals surface area contributed by atoms with Crippen molar-refractivity contribution in [1.82, 2.24) is 5.32 Å². The summed E-state index contributed by atoms with van der Waals surface area (Å²) in [6, 6.07) is 10.0. The minimum atomic E-state index is -0.288. The Balaban J connectivity index is 1.70. The quantitative estimate of drug-likeness (QED) is 0.799. The maximum Gasteiger partial charge on any atom is 0.126 e. The molecule has 96 valence electrons. The molecule has 1 N–H and O–H groups in total. The highest BCUT2D eigenvalue weighted by Gasteiger charge is 2.06. The Bertz CT molecular complexity index is 470. The first kappa shape index (κ1) is 12.6. The molecular formula is C14H16FNO2. The van der Waals surface area contributed by atoms with E-state index in [0.717, 1.165) is 5.76 Å². The lowest BCUT2D eigenvalue weighted by atomic mass is 10.2. The summed E-state index contributed by atoms with van der Waals surface area (Å²) in [6.45, 7) is 3.16. The minimum absolute atomic E-state index is 0.135. The van der Waals surface area contributed by atoms with Gasteiger partial charge in [-0.05, 0) is 31.2 Å². The molecule has 1 heterocycles. The molecule has 0 aliphatic carbocycles. The molecule has 1 unspecified atom stereocenters. The van der Waals surface area contributed by atoms with E-state index < -0.39 is 0 Å². The number of nitrogens with one attached hydrogen (secondary N) is 1. The van der Waals surface area contributed by atoms with Crippen molar-refractivity contribution in [1.29, 1.82) is 0 Å². The topological polar surface area (TPSA) is 34.4 Å². The zero-order valence-electron chi connectivity index (χ0n) is 10.2. The second kappa shape index (κ2) is 6.21. The molecular weight excluding hydrogens is 233 g/mol. The molecule has 2 aromatic rings. The maximum absolute atomic E-state index is 12.9. The van der Waals surface area contributed by atoms with Gasteiger partial charge in [0.15, 0.2) is 0 Å². The predicted molar refractivity (Wildman–Crippen MR) is 67.0 cm³/mol. The first-order valence-corrected chi connectivity index (χ1v) is 5.91. The van der Waals surface area contributed by atoms with Crippen LogP contribution in [0.5, 0.6) is 5.75 Å². The van der Waals surface area contributed by atoms with E-state index in [1.807, 2.05) is 19.1 Å². The fourth-order valence-electron chi connectivity index (χ4n) is 1.64. The zero-order chi connectivity index (χ0) is 12.8. The van der Waals surface area contributed by atoms with E-state index >= 15 is 0 Å². The average molecular weight is 249 g/mol. The molecule has 0 aliphatic rings. The Kier molecular flexibility index (Phi) is 4.36. The van der Waals surface area contributed by atoms with E-state index in [9.17, 15) is 4.39 Å². The summed E-state index contributed by atoms with van der Waals surface area (Å²) in [6.07, 6.45) is 1.65. The van der Waals surface area contributed by atoms with Gasteiger partial charge in [0.1, 0.15) is 23.9 Å². The van der Waals surface area contributed by atoms with Gasteiger partial charge in [-0.2, -0.15) is 0 Å². The average Bonchev–Trinajstić information content (AvgIpc) is 2.88. The van der Waals surface area contributed by atoms with Crippen LogP contribution in [-0.4, -0.2) is 13.2 Å². The van der Waals surface area contributed by atoms with Crippen molar-refractivity contribution in [3.05, 3.63) is 54.2 Å². The molecule has 0 radical (unpaired) electrons. The Morgan fingerprint density at radius 3 is 2.94 bits per heavy atom. The van der Waals surface area contributed by atoms with Crippen molar-refractivity contribution in [2.45, 2.75) is 13.0 Å². The number of benzene rings is 1. The third-order valence-corrected chi connectivity index (χ3v) is 2.59. The summed E-state index contributed by atoms with van der Waals surface area (Å²) >= 11 is 0. The van der Waals surface area contributed by atoms with Crippen LogP contribution in [0.25, 0.3) is 0 Å². The zero-order valence-corrected chi connectivity index (χ0v) is 10.2. The first-order chi connectivity index (χ1) is 8.75. The maximum atomic E-state index is 12.9. The molecule has 3 nitrogen and oxygen atoms in total. The van der Waals surface area contributed by atoms with Crippen LogP contribution >= 0.6 is 0 Å². The molecule has 0 saturated heterocycles. The lowest BCUT2D eigenvalue weighted by Gasteiger charge is -2.12. The van der Waals surface area contributed by atoms with Crippen molar-refractivity contribution in [3.63, 3.8) is 0 Å². The Morgan fingerprint density at radius 1 is 1.33 bits per heavy atom. The van der Waals surface area contributed by atoms with Crippen molar-refractivity contribution in [3.8, 4) is 5.75 Å². The number of halogens is 1. The Labute approximate surface area is 106 Å². The smallest absolute Gasteiger partial charge is 0.126 e. The summed E-state index contributed by atoms with van der Waals surface area (Å²) in [5.74, 6) is 1.15. The van der Waals surface area contributed by atoms with Crippen LogP contribution in [0.3, 0.4) is 0 Å². The Morgan fingerprint density at radius 2 is 2.22 bits per heavy atom. The van der Waals surface area contributed by atoms with E-state index in [0.29, 0.717) is 18.9 Å². The first-order valence-electron chi connectivity index (χ1n) is 5.91. The largest absolute Gasteiger partial charge is 0.492 e. The molecule has 0 fully saturated rings. The van der Waals surface area contributed by atoms with Crippen LogP contribution in [0.1, 0.15) is 18.7 Å². The monoisotopic (exact) mass is 249 g/mol. The lowest BCUT2D eigenvalue weighted by Crippen LogP contribution is -2.24. The van der Waals surface area contributed by atoms with Crippen molar-refractivity contribution in [2.24, 2.45) is 0 Å². The fraction of sp³-hybridized carbons (Fsp3) is 0.286. The molecule has 2 rings (SSSR count). The van der Waals surface area contributed by atoms with Crippen LogP contribution in [0.2, 0.25) is 0 Å². The second-order valence-corrected chi connectivity index (χ2v) is 4.00. The number of hydrogen-bond donors (Lipinski definition) is 1. The number of ether oxygens (including phenoxy) is 1. The van der Waals surface area contributed by atoms with Gasteiger partial charge < -0.3 is 14.5 Å². The summed E-state index contributed by atoms with van der Waals surface area (Å²) in [7, 11) is 0. The van der Waals surface area contributed by atoms with Gasteiger partial charge in [-0.1, -0.05) is 6.07 Å². The molecule has 18 heavy (non-hydrogen) atoms. The van der Waals surface area contributed by atoms with Crippen molar-refractivity contribution in [2.75, 3.05) is 13.2 Å². The van der Waals surface area contributed by atoms with Crippen LogP contribution in [0.4, 0.5) is 4.39 Å². The molecule has 1 aromatic carbocycles. The molecule has 1 atom stereocenters. The summed E-state index contributed by atoms with van der Waals surface area (Å²) in [5.41, 5.74) is 0. The third-order valence-electron chi connectivity index (χ3n) is 2.59. The molecule has 0 amide bonds. The molecule has 1 aromatic heterocycles. The van der Waals surface area contributed by atoms with E-state index in [2.05, 4.69) is 5.32 Å². The van der Waals surface area contributed by atoms with Crippen LogP contribution in [-0.2, 0) is 0 Å². The second-order valence-electron chi connectivity index (χ2n) is 4.00. The predicted octanol–water partition coefficient (Wildman–Crippen LogP) is 3.15. The van der Waals surface area contributed by atoms with Crippen molar-refractivity contribution >= 4 is 0 Å². The van der Waals surface area contributed by atoms with Gasteiger partial charge >= 0.3 is 0 Å². The SMILES string of the molecule is CC(NCCOc1cccc(F)c1)c1ccco1.